The molecule has 0 aromatic carbocycles. The van der Waals surface area contributed by atoms with Crippen LogP contribution in [0.25, 0.3) is 0 Å². The van der Waals surface area contributed by atoms with Gasteiger partial charge in [-0.3, -0.25) is 9.80 Å². The summed E-state index contributed by atoms with van der Waals surface area (Å²) < 4.78 is 0. The van der Waals surface area contributed by atoms with Gasteiger partial charge in [0.1, 0.15) is 0 Å². The van der Waals surface area contributed by atoms with Crippen molar-refractivity contribution in [3.05, 3.63) is 0 Å². The first-order valence-corrected chi connectivity index (χ1v) is 5.39. The van der Waals surface area contributed by atoms with Crippen molar-refractivity contribution >= 4 is 6.41 Å². The Kier molecular flexibility index (Phi) is 6.30. The van der Waals surface area contributed by atoms with Crippen molar-refractivity contribution in [2.24, 2.45) is 0 Å². The van der Waals surface area contributed by atoms with Crippen LogP contribution >= 0.6 is 0 Å². The van der Waals surface area contributed by atoms with Gasteiger partial charge < -0.3 is 0 Å². The molecule has 0 aromatic rings. The van der Waals surface area contributed by atoms with E-state index in [-0.39, 0.29) is 0 Å². The number of carbonyl (C=O) groups is 1. The molecule has 0 radical (unpaired) electrons. The lowest BCUT2D eigenvalue weighted by molar-refractivity contribution is -0.122. The molecule has 5 heteroatoms. The second-order valence-corrected chi connectivity index (χ2v) is 3.58. The van der Waals surface area contributed by atoms with Crippen LogP contribution in [0.3, 0.4) is 0 Å². The molecule has 5 nitrogen and oxygen atoms in total. The number of amides is 1. The molecule has 0 saturated carbocycles. The van der Waals surface area contributed by atoms with Crippen LogP contribution in [0, 0.1) is 0 Å². The summed E-state index contributed by atoms with van der Waals surface area (Å²) in [6.45, 7) is 1.69. The van der Waals surface area contributed by atoms with Gasteiger partial charge in [-0.05, 0) is 12.8 Å². The molecule has 14 heavy (non-hydrogen) atoms. The van der Waals surface area contributed by atoms with Gasteiger partial charge in [0.05, 0.1) is 0 Å². The molecule has 1 rings (SSSR count). The van der Waals surface area contributed by atoms with Crippen LogP contribution in [-0.2, 0) is 4.79 Å². The van der Waals surface area contributed by atoms with Crippen molar-refractivity contribution in [3.63, 3.8) is 0 Å². The molecule has 0 unspecified atom stereocenters. The van der Waals surface area contributed by atoms with Gasteiger partial charge in [0.15, 0.2) is 0 Å². The summed E-state index contributed by atoms with van der Waals surface area (Å²) in [5.41, 5.74) is 8.60. The molecular formula is C9H20N4O. The van der Waals surface area contributed by atoms with E-state index in [9.17, 15) is 4.79 Å². The Bertz CT molecular complexity index is 142. The van der Waals surface area contributed by atoms with Gasteiger partial charge in [0.2, 0.25) is 6.41 Å². The molecule has 0 spiro atoms. The van der Waals surface area contributed by atoms with Crippen molar-refractivity contribution in [1.29, 1.82) is 0 Å². The number of carbonyl (C=O) groups excluding carboxylic acids is 1. The molecule has 82 valence electrons. The zero-order valence-corrected chi connectivity index (χ0v) is 8.59. The Morgan fingerprint density at radius 1 is 1.00 bits per heavy atom. The lowest BCUT2D eigenvalue weighted by atomic mass is 10.1. The van der Waals surface area contributed by atoms with E-state index in [1.54, 1.807) is 0 Å². The van der Waals surface area contributed by atoms with E-state index in [0.717, 1.165) is 25.9 Å². The van der Waals surface area contributed by atoms with Crippen LogP contribution in [0.4, 0.5) is 0 Å². The van der Waals surface area contributed by atoms with E-state index in [2.05, 4.69) is 16.5 Å². The van der Waals surface area contributed by atoms with Crippen LogP contribution < -0.4 is 16.5 Å². The third-order valence-corrected chi connectivity index (χ3v) is 2.37. The maximum absolute atomic E-state index is 10.6. The highest BCUT2D eigenvalue weighted by Gasteiger charge is 2.00. The summed E-state index contributed by atoms with van der Waals surface area (Å²) in [5.74, 6) is 0. The van der Waals surface area contributed by atoms with Crippen LogP contribution in [0.5, 0.6) is 0 Å². The molecular weight excluding hydrogens is 180 g/mol. The number of nitrogens with zero attached hydrogens (tertiary/aromatic N) is 1. The molecule has 3 N–H and O–H groups in total. The Morgan fingerprint density at radius 2 is 1.71 bits per heavy atom. The second-order valence-electron chi connectivity index (χ2n) is 3.58. The van der Waals surface area contributed by atoms with E-state index in [1.165, 1.54) is 37.1 Å². The van der Waals surface area contributed by atoms with Gasteiger partial charge in [-0.2, -0.15) is 11.1 Å². The van der Waals surface area contributed by atoms with Crippen molar-refractivity contribution in [2.45, 2.75) is 38.5 Å². The SMILES string of the molecule is O=CN1CCCCCCCCNNN1. The zero-order valence-electron chi connectivity index (χ0n) is 8.59. The number of hydrogen-bond acceptors (Lipinski definition) is 4. The third kappa shape index (κ3) is 5.16. The topological polar surface area (TPSA) is 56.4 Å². The minimum absolute atomic E-state index is 0.762. The standard InChI is InChI=1S/C9H20N4O/c14-9-13-8-6-4-2-1-3-5-7-10-11-12-13/h9-12H,1-8H2. The van der Waals surface area contributed by atoms with Gasteiger partial charge in [-0.25, -0.2) is 5.43 Å². The van der Waals surface area contributed by atoms with Crippen LogP contribution in [0.1, 0.15) is 38.5 Å². The van der Waals surface area contributed by atoms with Gasteiger partial charge in [0, 0.05) is 13.1 Å². The van der Waals surface area contributed by atoms with E-state index >= 15 is 0 Å². The van der Waals surface area contributed by atoms with Crippen molar-refractivity contribution < 1.29 is 4.79 Å². The Hall–Kier alpha value is -0.650. The number of hydrazine groups is 3. The van der Waals surface area contributed by atoms with E-state index in [1.807, 2.05) is 0 Å². The average molecular weight is 200 g/mol. The predicted octanol–water partition coefficient (Wildman–Crippen LogP) is 0.313. The molecule has 1 aliphatic rings. The lowest BCUT2D eigenvalue weighted by Crippen LogP contribution is -2.52. The van der Waals surface area contributed by atoms with Crippen molar-refractivity contribution in [1.82, 2.24) is 21.5 Å². The van der Waals surface area contributed by atoms with E-state index in [0.29, 0.717) is 0 Å². The number of rotatable bonds is 1. The maximum Gasteiger partial charge on any atom is 0.224 e. The summed E-state index contributed by atoms with van der Waals surface area (Å²) >= 11 is 0. The smallest absolute Gasteiger partial charge is 0.224 e. The van der Waals surface area contributed by atoms with Gasteiger partial charge in [0.25, 0.3) is 0 Å². The first-order valence-electron chi connectivity index (χ1n) is 5.39. The summed E-state index contributed by atoms with van der Waals surface area (Å²) in [4.78, 5) is 10.6. The summed E-state index contributed by atoms with van der Waals surface area (Å²) in [7, 11) is 0. The van der Waals surface area contributed by atoms with Crippen molar-refractivity contribution in [2.75, 3.05) is 13.1 Å². The Balaban J connectivity index is 2.20. The summed E-state index contributed by atoms with van der Waals surface area (Å²) in [6.07, 6.45) is 8.12. The van der Waals surface area contributed by atoms with E-state index in [4.69, 9.17) is 0 Å². The minimum atomic E-state index is 0.762. The molecule has 0 aromatic heterocycles. The molecule has 1 heterocycles. The average Bonchev–Trinajstić information content (AvgIpc) is 2.19. The lowest BCUT2D eigenvalue weighted by Gasteiger charge is -2.20. The second kappa shape index (κ2) is 7.73. The first-order chi connectivity index (χ1) is 6.93. The molecule has 1 amide bonds. The fourth-order valence-electron chi connectivity index (χ4n) is 1.51. The molecule has 1 fully saturated rings. The molecule has 1 aliphatic heterocycles. The molecule has 0 aliphatic carbocycles. The quantitative estimate of drug-likeness (QED) is 0.533. The van der Waals surface area contributed by atoms with Gasteiger partial charge in [-0.1, -0.05) is 25.7 Å². The number of hydrogen-bond donors (Lipinski definition) is 3. The highest BCUT2D eigenvalue weighted by Crippen LogP contribution is 2.05. The van der Waals surface area contributed by atoms with E-state index < -0.39 is 0 Å². The van der Waals surface area contributed by atoms with Crippen molar-refractivity contribution in [3.8, 4) is 0 Å². The van der Waals surface area contributed by atoms with Gasteiger partial charge >= 0.3 is 0 Å². The molecule has 0 bridgehead atoms. The van der Waals surface area contributed by atoms with Crippen LogP contribution in [0.2, 0.25) is 0 Å². The normalized spacial score (nSPS) is 22.1. The van der Waals surface area contributed by atoms with Crippen LogP contribution in [0.15, 0.2) is 0 Å². The molecule has 1 saturated heterocycles. The fraction of sp³-hybridized carbons (Fsp3) is 0.889. The van der Waals surface area contributed by atoms with Gasteiger partial charge in [-0.15, -0.1) is 0 Å². The molecule has 0 atom stereocenters. The van der Waals surface area contributed by atoms with Crippen LogP contribution in [-0.4, -0.2) is 24.5 Å². The highest BCUT2D eigenvalue weighted by atomic mass is 16.2. The highest BCUT2D eigenvalue weighted by molar-refractivity contribution is 5.45. The Morgan fingerprint density at radius 3 is 2.50 bits per heavy atom. The zero-order chi connectivity index (χ0) is 10.1. The predicted molar refractivity (Wildman–Crippen MR) is 54.7 cm³/mol. The first kappa shape index (κ1) is 11.4. The number of nitrogens with one attached hydrogen (secondary N) is 3. The Labute approximate surface area is 85.1 Å². The fourth-order valence-corrected chi connectivity index (χ4v) is 1.51. The third-order valence-electron chi connectivity index (χ3n) is 2.37. The monoisotopic (exact) mass is 200 g/mol. The minimum Gasteiger partial charge on any atom is -0.277 e. The summed E-state index contributed by atoms with van der Waals surface area (Å²) in [5, 5.41) is 1.52. The maximum atomic E-state index is 10.6. The largest absolute Gasteiger partial charge is 0.277 e. The summed E-state index contributed by atoms with van der Waals surface area (Å²) in [6, 6.07) is 0.